The fourth-order valence-corrected chi connectivity index (χ4v) is 1.73. The summed E-state index contributed by atoms with van der Waals surface area (Å²) in [6, 6.07) is 0. The van der Waals surface area contributed by atoms with Gasteiger partial charge in [-0.25, -0.2) is 0 Å². The van der Waals surface area contributed by atoms with Gasteiger partial charge in [0.15, 0.2) is 0 Å². The molecule has 0 saturated heterocycles. The lowest BCUT2D eigenvalue weighted by atomic mass is 10.0. The third-order valence-corrected chi connectivity index (χ3v) is 2.73. The Labute approximate surface area is 86.5 Å². The highest BCUT2D eigenvalue weighted by Gasteiger charge is 2.08. The summed E-state index contributed by atoms with van der Waals surface area (Å²) in [6.07, 6.45) is 6.39. The zero-order valence-corrected chi connectivity index (χ0v) is 9.45. The molecule has 14 heavy (non-hydrogen) atoms. The van der Waals surface area contributed by atoms with Crippen molar-refractivity contribution in [1.82, 2.24) is 15.1 Å². The Morgan fingerprint density at radius 2 is 2.14 bits per heavy atom. The molecule has 80 valence electrons. The van der Waals surface area contributed by atoms with Crippen LogP contribution in [0.4, 0.5) is 0 Å². The highest BCUT2D eigenvalue weighted by atomic mass is 15.1. The Bertz CT molecular complexity index is 227. The van der Waals surface area contributed by atoms with Crippen LogP contribution < -0.4 is 0 Å². The molecule has 1 rings (SSSR count). The van der Waals surface area contributed by atoms with E-state index in [2.05, 4.69) is 36.0 Å². The SMILES string of the molecule is CCC(CC)CN(C)Cc1cn[nH]c1. The molecule has 0 unspecified atom stereocenters. The molecular weight excluding hydrogens is 174 g/mol. The molecule has 3 nitrogen and oxygen atoms in total. The molecule has 0 aliphatic carbocycles. The van der Waals surface area contributed by atoms with Gasteiger partial charge in [-0.1, -0.05) is 26.7 Å². The van der Waals surface area contributed by atoms with Gasteiger partial charge in [-0.05, 0) is 13.0 Å². The molecule has 0 fully saturated rings. The molecule has 1 N–H and O–H groups in total. The summed E-state index contributed by atoms with van der Waals surface area (Å²) in [6.45, 7) is 6.70. The molecule has 3 heteroatoms. The van der Waals surface area contributed by atoms with Gasteiger partial charge < -0.3 is 4.90 Å². The van der Waals surface area contributed by atoms with Crippen molar-refractivity contribution in [3.8, 4) is 0 Å². The molecule has 0 radical (unpaired) electrons. The number of aromatic amines is 1. The van der Waals surface area contributed by atoms with Gasteiger partial charge in [0.25, 0.3) is 0 Å². The molecule has 0 amide bonds. The second-order valence-corrected chi connectivity index (χ2v) is 3.99. The second-order valence-electron chi connectivity index (χ2n) is 3.99. The van der Waals surface area contributed by atoms with E-state index in [-0.39, 0.29) is 0 Å². The van der Waals surface area contributed by atoms with Gasteiger partial charge in [0.1, 0.15) is 0 Å². The molecular formula is C11H21N3. The molecule has 0 atom stereocenters. The average molecular weight is 195 g/mol. The van der Waals surface area contributed by atoms with Crippen LogP contribution in [-0.4, -0.2) is 28.7 Å². The summed E-state index contributed by atoms with van der Waals surface area (Å²) in [5.74, 6) is 0.826. The molecule has 0 saturated carbocycles. The predicted molar refractivity (Wildman–Crippen MR) is 59.0 cm³/mol. The van der Waals surface area contributed by atoms with Crippen molar-refractivity contribution >= 4 is 0 Å². The van der Waals surface area contributed by atoms with Crippen molar-refractivity contribution in [3.63, 3.8) is 0 Å². The van der Waals surface area contributed by atoms with E-state index < -0.39 is 0 Å². The third-order valence-electron chi connectivity index (χ3n) is 2.73. The van der Waals surface area contributed by atoms with Crippen LogP contribution >= 0.6 is 0 Å². The van der Waals surface area contributed by atoms with Gasteiger partial charge in [0.2, 0.25) is 0 Å². The summed E-state index contributed by atoms with van der Waals surface area (Å²) >= 11 is 0. The highest BCUT2D eigenvalue weighted by Crippen LogP contribution is 2.10. The van der Waals surface area contributed by atoms with Crippen molar-refractivity contribution in [2.75, 3.05) is 13.6 Å². The quantitative estimate of drug-likeness (QED) is 0.755. The zero-order chi connectivity index (χ0) is 10.4. The first-order valence-electron chi connectivity index (χ1n) is 5.42. The van der Waals surface area contributed by atoms with E-state index in [9.17, 15) is 0 Å². The molecule has 1 aromatic heterocycles. The van der Waals surface area contributed by atoms with Crippen LogP contribution in [0.5, 0.6) is 0 Å². The smallest absolute Gasteiger partial charge is 0.0532 e. The van der Waals surface area contributed by atoms with Gasteiger partial charge in [0, 0.05) is 24.8 Å². The van der Waals surface area contributed by atoms with Gasteiger partial charge in [-0.2, -0.15) is 5.10 Å². The zero-order valence-electron chi connectivity index (χ0n) is 9.45. The number of aromatic nitrogens is 2. The van der Waals surface area contributed by atoms with Crippen LogP contribution in [0.1, 0.15) is 32.3 Å². The van der Waals surface area contributed by atoms with E-state index in [0.29, 0.717) is 0 Å². The maximum absolute atomic E-state index is 3.94. The lowest BCUT2D eigenvalue weighted by molar-refractivity contribution is 0.260. The van der Waals surface area contributed by atoms with E-state index >= 15 is 0 Å². The predicted octanol–water partition coefficient (Wildman–Crippen LogP) is 2.28. The first-order valence-corrected chi connectivity index (χ1v) is 5.42. The molecule has 0 bridgehead atoms. The largest absolute Gasteiger partial charge is 0.302 e. The fourth-order valence-electron chi connectivity index (χ4n) is 1.73. The van der Waals surface area contributed by atoms with Crippen molar-refractivity contribution in [1.29, 1.82) is 0 Å². The van der Waals surface area contributed by atoms with Crippen molar-refractivity contribution in [2.24, 2.45) is 5.92 Å². The fraction of sp³-hybridized carbons (Fsp3) is 0.727. The molecule has 0 aliphatic rings. The molecule has 0 aromatic carbocycles. The van der Waals surface area contributed by atoms with E-state index in [1.165, 1.54) is 24.9 Å². The van der Waals surface area contributed by atoms with Crippen molar-refractivity contribution in [2.45, 2.75) is 33.2 Å². The maximum Gasteiger partial charge on any atom is 0.0532 e. The van der Waals surface area contributed by atoms with Crippen LogP contribution in [0, 0.1) is 5.92 Å². The summed E-state index contributed by atoms with van der Waals surface area (Å²) in [5.41, 5.74) is 1.26. The number of hydrogen-bond donors (Lipinski definition) is 1. The number of H-pyrrole nitrogens is 1. The first-order chi connectivity index (χ1) is 6.76. The molecule has 1 aromatic rings. The minimum Gasteiger partial charge on any atom is -0.302 e. The normalized spacial score (nSPS) is 11.5. The average Bonchev–Trinajstić information content (AvgIpc) is 2.66. The number of rotatable bonds is 6. The summed E-state index contributed by atoms with van der Waals surface area (Å²) in [5, 5.41) is 6.78. The Kier molecular flexibility index (Phi) is 4.66. The maximum atomic E-state index is 3.94. The number of nitrogens with one attached hydrogen (secondary N) is 1. The number of hydrogen-bond acceptors (Lipinski definition) is 2. The summed E-state index contributed by atoms with van der Waals surface area (Å²) in [4.78, 5) is 2.36. The summed E-state index contributed by atoms with van der Waals surface area (Å²) < 4.78 is 0. The van der Waals surface area contributed by atoms with Crippen molar-refractivity contribution < 1.29 is 0 Å². The monoisotopic (exact) mass is 195 g/mol. The van der Waals surface area contributed by atoms with Crippen LogP contribution in [-0.2, 0) is 6.54 Å². The topological polar surface area (TPSA) is 31.9 Å². The lowest BCUT2D eigenvalue weighted by Crippen LogP contribution is -2.24. The first kappa shape index (κ1) is 11.2. The Morgan fingerprint density at radius 1 is 1.43 bits per heavy atom. The Hall–Kier alpha value is -0.830. The van der Waals surface area contributed by atoms with Crippen LogP contribution in [0.3, 0.4) is 0 Å². The molecule has 0 spiro atoms. The molecule has 0 aliphatic heterocycles. The van der Waals surface area contributed by atoms with Crippen molar-refractivity contribution in [3.05, 3.63) is 18.0 Å². The Balaban J connectivity index is 2.31. The van der Waals surface area contributed by atoms with Gasteiger partial charge >= 0.3 is 0 Å². The number of nitrogens with zero attached hydrogens (tertiary/aromatic N) is 2. The van der Waals surface area contributed by atoms with Gasteiger partial charge in [-0.15, -0.1) is 0 Å². The van der Waals surface area contributed by atoms with Gasteiger partial charge in [-0.3, -0.25) is 5.10 Å². The van der Waals surface area contributed by atoms with Crippen LogP contribution in [0.15, 0.2) is 12.4 Å². The third kappa shape index (κ3) is 3.50. The van der Waals surface area contributed by atoms with Crippen LogP contribution in [0.2, 0.25) is 0 Å². The minimum absolute atomic E-state index is 0.826. The standard InChI is InChI=1S/C11H21N3/c1-4-10(5-2)8-14(3)9-11-6-12-13-7-11/h6-7,10H,4-5,8-9H2,1-3H3,(H,12,13). The van der Waals surface area contributed by atoms with E-state index in [1.54, 1.807) is 0 Å². The second kappa shape index (κ2) is 5.81. The van der Waals surface area contributed by atoms with E-state index in [0.717, 1.165) is 12.5 Å². The highest BCUT2D eigenvalue weighted by molar-refractivity contribution is 5.01. The van der Waals surface area contributed by atoms with E-state index in [4.69, 9.17) is 0 Å². The Morgan fingerprint density at radius 3 is 2.64 bits per heavy atom. The molecule has 1 heterocycles. The van der Waals surface area contributed by atoms with Crippen LogP contribution in [0.25, 0.3) is 0 Å². The van der Waals surface area contributed by atoms with Gasteiger partial charge in [0.05, 0.1) is 6.20 Å². The minimum atomic E-state index is 0.826. The lowest BCUT2D eigenvalue weighted by Gasteiger charge is -2.21. The van der Waals surface area contributed by atoms with E-state index in [1.807, 2.05) is 12.4 Å². The summed E-state index contributed by atoms with van der Waals surface area (Å²) in [7, 11) is 2.17.